The third kappa shape index (κ3) is 3.95. The molecule has 2 rings (SSSR count). The summed E-state index contributed by atoms with van der Waals surface area (Å²) in [5.74, 6) is 0.808. The van der Waals surface area contributed by atoms with Crippen molar-refractivity contribution in [2.45, 2.75) is 45.5 Å². The summed E-state index contributed by atoms with van der Waals surface area (Å²) in [6, 6.07) is 5.89. The first-order valence-corrected chi connectivity index (χ1v) is 7.41. The van der Waals surface area contributed by atoms with Gasteiger partial charge in [-0.3, -0.25) is 0 Å². The van der Waals surface area contributed by atoms with Crippen LogP contribution in [0.2, 0.25) is 0 Å². The Kier molecular flexibility index (Phi) is 5.83. The van der Waals surface area contributed by atoms with E-state index in [0.717, 1.165) is 30.6 Å². The molecule has 1 unspecified atom stereocenters. The highest BCUT2D eigenvalue weighted by Crippen LogP contribution is 2.31. The molecular formula is C16H24O4. The fourth-order valence-corrected chi connectivity index (χ4v) is 2.54. The van der Waals surface area contributed by atoms with Crippen LogP contribution in [0.1, 0.15) is 43.9 Å². The molecule has 1 aliphatic rings. The lowest BCUT2D eigenvalue weighted by atomic mass is 9.89. The van der Waals surface area contributed by atoms with Crippen LogP contribution in [0.3, 0.4) is 0 Å². The molecule has 1 aromatic carbocycles. The quantitative estimate of drug-likeness (QED) is 0.780. The summed E-state index contributed by atoms with van der Waals surface area (Å²) >= 11 is 0. The van der Waals surface area contributed by atoms with Crippen LogP contribution in [0.5, 0.6) is 5.75 Å². The van der Waals surface area contributed by atoms with Gasteiger partial charge in [-0.25, -0.2) is 0 Å². The van der Waals surface area contributed by atoms with Crippen molar-refractivity contribution in [3.8, 4) is 5.75 Å². The Morgan fingerprint density at radius 3 is 2.70 bits per heavy atom. The van der Waals surface area contributed by atoms with E-state index < -0.39 is 0 Å². The van der Waals surface area contributed by atoms with Crippen molar-refractivity contribution in [2.75, 3.05) is 19.8 Å². The lowest BCUT2D eigenvalue weighted by molar-refractivity contribution is -0.152. The second-order valence-electron chi connectivity index (χ2n) is 4.92. The number of aryl methyl sites for hydroxylation is 1. The summed E-state index contributed by atoms with van der Waals surface area (Å²) in [4.78, 5) is 0. The SMILES string of the molecule is CCOC(COc1ccc2c(c1)CCCC2O)OCC. The minimum atomic E-state index is -0.327. The Morgan fingerprint density at radius 2 is 2.00 bits per heavy atom. The monoisotopic (exact) mass is 280 g/mol. The average Bonchev–Trinajstić information content (AvgIpc) is 2.45. The highest BCUT2D eigenvalue weighted by molar-refractivity contribution is 5.38. The highest BCUT2D eigenvalue weighted by atomic mass is 16.7. The Hall–Kier alpha value is -1.10. The molecular weight excluding hydrogens is 256 g/mol. The van der Waals surface area contributed by atoms with Crippen LogP contribution < -0.4 is 4.74 Å². The summed E-state index contributed by atoms with van der Waals surface area (Å²) in [7, 11) is 0. The van der Waals surface area contributed by atoms with Gasteiger partial charge in [0.05, 0.1) is 6.10 Å². The van der Waals surface area contributed by atoms with Gasteiger partial charge in [0.25, 0.3) is 0 Å². The first-order chi connectivity index (χ1) is 9.74. The van der Waals surface area contributed by atoms with Gasteiger partial charge in [0, 0.05) is 13.2 Å². The predicted octanol–water partition coefficient (Wildman–Crippen LogP) is 2.83. The Bertz CT molecular complexity index is 413. The van der Waals surface area contributed by atoms with Gasteiger partial charge in [-0.2, -0.15) is 0 Å². The van der Waals surface area contributed by atoms with Gasteiger partial charge in [-0.1, -0.05) is 6.07 Å². The lowest BCUT2D eigenvalue weighted by Gasteiger charge is -2.22. The Labute approximate surface area is 120 Å². The molecule has 0 spiro atoms. The molecule has 0 aliphatic heterocycles. The molecule has 0 amide bonds. The standard InChI is InChI=1S/C16H24O4/c1-3-18-16(19-4-2)11-20-13-8-9-14-12(10-13)6-5-7-15(14)17/h8-10,15-17H,3-7,11H2,1-2H3. The van der Waals surface area contributed by atoms with Gasteiger partial charge in [-0.05, 0) is 56.4 Å². The van der Waals surface area contributed by atoms with Gasteiger partial charge in [0.1, 0.15) is 12.4 Å². The van der Waals surface area contributed by atoms with E-state index in [0.29, 0.717) is 19.8 Å². The Morgan fingerprint density at radius 1 is 1.25 bits per heavy atom. The molecule has 1 N–H and O–H groups in total. The third-order valence-electron chi connectivity index (χ3n) is 3.49. The molecule has 112 valence electrons. The van der Waals surface area contributed by atoms with Crippen LogP contribution >= 0.6 is 0 Å². The molecule has 1 aliphatic carbocycles. The van der Waals surface area contributed by atoms with Gasteiger partial charge >= 0.3 is 0 Å². The number of aliphatic hydroxyl groups excluding tert-OH is 1. The number of ether oxygens (including phenoxy) is 3. The van der Waals surface area contributed by atoms with E-state index in [2.05, 4.69) is 0 Å². The first kappa shape index (κ1) is 15.3. The normalized spacial score (nSPS) is 18.1. The summed E-state index contributed by atoms with van der Waals surface area (Å²) in [6.07, 6.45) is 2.23. The number of benzene rings is 1. The summed E-state index contributed by atoms with van der Waals surface area (Å²) < 4.78 is 16.6. The van der Waals surface area contributed by atoms with Crippen molar-refractivity contribution in [3.63, 3.8) is 0 Å². The van der Waals surface area contributed by atoms with Crippen LogP contribution in [-0.2, 0) is 15.9 Å². The highest BCUT2D eigenvalue weighted by Gasteiger charge is 2.18. The van der Waals surface area contributed by atoms with Crippen LogP contribution in [0, 0.1) is 0 Å². The van der Waals surface area contributed by atoms with Crippen molar-refractivity contribution < 1.29 is 19.3 Å². The minimum Gasteiger partial charge on any atom is -0.488 e. The molecule has 0 heterocycles. The molecule has 0 saturated heterocycles. The van der Waals surface area contributed by atoms with Gasteiger partial charge in [0.15, 0.2) is 6.29 Å². The first-order valence-electron chi connectivity index (χ1n) is 7.41. The van der Waals surface area contributed by atoms with E-state index in [1.54, 1.807) is 0 Å². The topological polar surface area (TPSA) is 47.9 Å². The van der Waals surface area contributed by atoms with Gasteiger partial charge in [-0.15, -0.1) is 0 Å². The van der Waals surface area contributed by atoms with Crippen LogP contribution in [0.25, 0.3) is 0 Å². The zero-order valence-electron chi connectivity index (χ0n) is 12.3. The van der Waals surface area contributed by atoms with Crippen molar-refractivity contribution >= 4 is 0 Å². The van der Waals surface area contributed by atoms with Crippen LogP contribution in [0.4, 0.5) is 0 Å². The molecule has 4 nitrogen and oxygen atoms in total. The molecule has 1 atom stereocenters. The fraction of sp³-hybridized carbons (Fsp3) is 0.625. The zero-order valence-corrected chi connectivity index (χ0v) is 12.3. The maximum atomic E-state index is 9.93. The third-order valence-corrected chi connectivity index (χ3v) is 3.49. The van der Waals surface area contributed by atoms with E-state index in [-0.39, 0.29) is 12.4 Å². The van der Waals surface area contributed by atoms with E-state index in [1.165, 1.54) is 5.56 Å². The lowest BCUT2D eigenvalue weighted by Crippen LogP contribution is -2.25. The largest absolute Gasteiger partial charge is 0.488 e. The van der Waals surface area contributed by atoms with E-state index in [1.807, 2.05) is 32.0 Å². The van der Waals surface area contributed by atoms with Crippen molar-refractivity contribution in [1.29, 1.82) is 0 Å². The second kappa shape index (κ2) is 7.62. The maximum absolute atomic E-state index is 9.93. The summed E-state index contributed by atoms with van der Waals surface area (Å²) in [5, 5.41) is 9.93. The molecule has 0 radical (unpaired) electrons. The van der Waals surface area contributed by atoms with E-state index >= 15 is 0 Å². The van der Waals surface area contributed by atoms with Gasteiger partial charge in [0.2, 0.25) is 0 Å². The van der Waals surface area contributed by atoms with Crippen LogP contribution in [0.15, 0.2) is 18.2 Å². The van der Waals surface area contributed by atoms with Crippen molar-refractivity contribution in [3.05, 3.63) is 29.3 Å². The molecule has 20 heavy (non-hydrogen) atoms. The van der Waals surface area contributed by atoms with Gasteiger partial charge < -0.3 is 19.3 Å². The van der Waals surface area contributed by atoms with Crippen LogP contribution in [-0.4, -0.2) is 31.2 Å². The maximum Gasteiger partial charge on any atom is 0.191 e. The molecule has 0 bridgehead atoms. The number of aliphatic hydroxyl groups is 1. The van der Waals surface area contributed by atoms with Crippen molar-refractivity contribution in [2.24, 2.45) is 0 Å². The average molecular weight is 280 g/mol. The molecule has 0 fully saturated rings. The summed E-state index contributed by atoms with van der Waals surface area (Å²) in [5.41, 5.74) is 2.22. The second-order valence-corrected chi connectivity index (χ2v) is 4.92. The molecule has 4 heteroatoms. The molecule has 1 aromatic rings. The summed E-state index contributed by atoms with van der Waals surface area (Å²) in [6.45, 7) is 5.45. The minimum absolute atomic E-state index is 0.326. The van der Waals surface area contributed by atoms with Crippen molar-refractivity contribution in [1.82, 2.24) is 0 Å². The number of rotatable bonds is 7. The number of hydrogen-bond donors (Lipinski definition) is 1. The molecule has 0 saturated carbocycles. The number of fused-ring (bicyclic) bond motifs is 1. The predicted molar refractivity (Wildman–Crippen MR) is 76.9 cm³/mol. The Balaban J connectivity index is 1.96. The van der Waals surface area contributed by atoms with E-state index in [4.69, 9.17) is 14.2 Å². The zero-order chi connectivity index (χ0) is 14.4. The smallest absolute Gasteiger partial charge is 0.191 e. The fourth-order valence-electron chi connectivity index (χ4n) is 2.54. The van der Waals surface area contributed by atoms with E-state index in [9.17, 15) is 5.11 Å². The molecule has 0 aromatic heterocycles. The number of hydrogen-bond acceptors (Lipinski definition) is 4.